The normalized spacial score (nSPS) is 20.0. The van der Waals surface area contributed by atoms with Crippen molar-refractivity contribution in [2.75, 3.05) is 0 Å². The van der Waals surface area contributed by atoms with Crippen LogP contribution in [0.15, 0.2) is 46.8 Å². The van der Waals surface area contributed by atoms with Crippen LogP contribution >= 0.6 is 11.6 Å². The monoisotopic (exact) mass is 334 g/mol. The Morgan fingerprint density at radius 2 is 1.48 bits per heavy atom. The van der Waals surface area contributed by atoms with Crippen molar-refractivity contribution >= 4 is 27.7 Å². The Labute approximate surface area is 136 Å². The molecule has 1 unspecified atom stereocenters. The van der Waals surface area contributed by atoms with Crippen molar-refractivity contribution in [1.29, 1.82) is 0 Å². The van der Waals surface area contributed by atoms with Crippen molar-refractivity contribution in [2.45, 2.75) is 51.6 Å². The molecule has 0 saturated heterocycles. The van der Waals surface area contributed by atoms with E-state index < -0.39 is 16.1 Å². The highest BCUT2D eigenvalue weighted by atomic mass is 35.5. The first kappa shape index (κ1) is 16.8. The molecule has 0 radical (unpaired) electrons. The maximum absolute atomic E-state index is 6.05. The van der Waals surface area contributed by atoms with E-state index in [1.807, 2.05) is 12.1 Å². The van der Waals surface area contributed by atoms with Crippen LogP contribution in [0.5, 0.6) is 0 Å². The molecule has 114 valence electrons. The average Bonchev–Trinajstić information content (AvgIpc) is 2.37. The van der Waals surface area contributed by atoms with Crippen LogP contribution in [-0.4, -0.2) is 16.1 Å². The molecule has 21 heavy (non-hydrogen) atoms. The topological polar surface area (TPSA) is 0 Å². The van der Waals surface area contributed by atoms with Crippen molar-refractivity contribution in [3.05, 3.63) is 57.4 Å². The number of benzene rings is 1. The van der Waals surface area contributed by atoms with Crippen LogP contribution in [0.25, 0.3) is 0 Å². The Hall–Kier alpha value is -0.576. The van der Waals surface area contributed by atoms with Gasteiger partial charge in [-0.1, -0.05) is 85.6 Å². The molecule has 0 heterocycles. The second kappa shape index (κ2) is 5.90. The molecule has 2 rings (SSSR count). The van der Waals surface area contributed by atoms with Gasteiger partial charge in [-0.15, -0.1) is 0 Å². The summed E-state index contributed by atoms with van der Waals surface area (Å²) in [6, 6.07) is 8.45. The second-order valence-electron chi connectivity index (χ2n) is 8.10. The van der Waals surface area contributed by atoms with Gasteiger partial charge in [-0.25, -0.2) is 0 Å². The molecule has 0 aliphatic heterocycles. The van der Waals surface area contributed by atoms with E-state index in [2.05, 4.69) is 63.6 Å². The van der Waals surface area contributed by atoms with Gasteiger partial charge in [0.05, 0.1) is 16.1 Å². The van der Waals surface area contributed by atoms with Crippen molar-refractivity contribution in [3.63, 3.8) is 0 Å². The van der Waals surface area contributed by atoms with E-state index in [4.69, 9.17) is 11.6 Å². The lowest BCUT2D eigenvalue weighted by atomic mass is 9.92. The third-order valence-electron chi connectivity index (χ3n) is 4.26. The molecular formula is C18H27ClSi2. The molecule has 1 atom stereocenters. The van der Waals surface area contributed by atoms with E-state index >= 15 is 0 Å². The molecule has 0 bridgehead atoms. The van der Waals surface area contributed by atoms with E-state index in [-0.39, 0.29) is 0 Å². The summed E-state index contributed by atoms with van der Waals surface area (Å²) in [4.78, 5) is 0. The summed E-state index contributed by atoms with van der Waals surface area (Å²) in [5, 5.41) is 4.15. The Kier molecular flexibility index (Phi) is 4.72. The van der Waals surface area contributed by atoms with Crippen molar-refractivity contribution < 1.29 is 0 Å². The fourth-order valence-electron chi connectivity index (χ4n) is 2.97. The van der Waals surface area contributed by atoms with E-state index in [1.165, 1.54) is 5.56 Å². The minimum atomic E-state index is -1.33. The summed E-state index contributed by atoms with van der Waals surface area (Å²) >= 11 is 6.05. The first-order valence-corrected chi connectivity index (χ1v) is 15.1. The molecule has 0 fully saturated rings. The highest BCUT2D eigenvalue weighted by Gasteiger charge is 2.32. The maximum atomic E-state index is 6.05. The molecule has 0 aromatic heterocycles. The number of rotatable bonds is 3. The Bertz CT molecular complexity index is 569. The predicted octanol–water partition coefficient (Wildman–Crippen LogP) is 6.43. The summed E-state index contributed by atoms with van der Waals surface area (Å²) in [5.41, 5.74) is 1.42. The summed E-state index contributed by atoms with van der Waals surface area (Å²) in [5.74, 6) is 0.550. The van der Waals surface area contributed by atoms with Gasteiger partial charge >= 0.3 is 0 Å². The van der Waals surface area contributed by atoms with Crippen LogP contribution in [0.4, 0.5) is 0 Å². The molecule has 1 aromatic carbocycles. The zero-order chi connectivity index (χ0) is 15.8. The van der Waals surface area contributed by atoms with E-state index in [0.717, 1.165) is 11.4 Å². The van der Waals surface area contributed by atoms with Crippen molar-refractivity contribution in [3.8, 4) is 0 Å². The van der Waals surface area contributed by atoms with Gasteiger partial charge in [-0.2, -0.15) is 0 Å². The smallest absolute Gasteiger partial charge is 0.0771 e. The number of hydrogen-bond donors (Lipinski definition) is 0. The summed E-state index contributed by atoms with van der Waals surface area (Å²) in [6.07, 6.45) is 6.20. The number of halogens is 1. The Morgan fingerprint density at radius 3 is 1.95 bits per heavy atom. The van der Waals surface area contributed by atoms with Crippen LogP contribution in [0, 0.1) is 0 Å². The number of hydrogen-bond acceptors (Lipinski definition) is 0. The lowest BCUT2D eigenvalue weighted by Gasteiger charge is -2.35. The van der Waals surface area contributed by atoms with Gasteiger partial charge in [-0.3, -0.25) is 0 Å². The molecule has 1 aromatic rings. The molecule has 0 nitrogen and oxygen atoms in total. The fraction of sp³-hybridized carbons (Fsp3) is 0.444. The second-order valence-corrected chi connectivity index (χ2v) is 18.7. The quantitative estimate of drug-likeness (QED) is 0.558. The van der Waals surface area contributed by atoms with Gasteiger partial charge in [0.15, 0.2) is 0 Å². The van der Waals surface area contributed by atoms with Gasteiger partial charge in [0.25, 0.3) is 0 Å². The SMILES string of the molecule is C[Si](C)(C)C1=CCC(c2ccc(Cl)cc2)C([Si](C)(C)C)=C1. The molecule has 1 aliphatic carbocycles. The first-order chi connectivity index (χ1) is 9.59. The van der Waals surface area contributed by atoms with E-state index in [9.17, 15) is 0 Å². The van der Waals surface area contributed by atoms with Crippen LogP contribution in [-0.2, 0) is 0 Å². The molecule has 1 aliphatic rings. The Morgan fingerprint density at radius 1 is 0.905 bits per heavy atom. The number of allylic oxidation sites excluding steroid dienone is 4. The first-order valence-electron chi connectivity index (χ1n) is 7.77. The van der Waals surface area contributed by atoms with Crippen molar-refractivity contribution in [1.82, 2.24) is 0 Å². The van der Waals surface area contributed by atoms with E-state index in [0.29, 0.717) is 5.92 Å². The highest BCUT2D eigenvalue weighted by molar-refractivity contribution is 6.86. The van der Waals surface area contributed by atoms with Crippen LogP contribution < -0.4 is 0 Å². The Balaban J connectivity index is 2.43. The lowest BCUT2D eigenvalue weighted by molar-refractivity contribution is 0.825. The summed E-state index contributed by atoms with van der Waals surface area (Å²) in [7, 11) is -2.56. The van der Waals surface area contributed by atoms with Gasteiger partial charge in [0, 0.05) is 10.9 Å². The predicted molar refractivity (Wildman–Crippen MR) is 102 cm³/mol. The van der Waals surface area contributed by atoms with Crippen molar-refractivity contribution in [2.24, 2.45) is 0 Å². The standard InChI is InChI=1S/C18H27ClSi2/c1-20(2,3)16-11-12-17(18(13-16)21(4,5)6)14-7-9-15(19)10-8-14/h7-11,13,17H,12H2,1-6H3. The zero-order valence-electron chi connectivity index (χ0n) is 14.1. The summed E-state index contributed by atoms with van der Waals surface area (Å²) in [6.45, 7) is 14.7. The highest BCUT2D eigenvalue weighted by Crippen LogP contribution is 2.40. The third kappa shape index (κ3) is 3.99. The largest absolute Gasteiger partial charge is 0.0844 e. The molecule has 3 heteroatoms. The minimum absolute atomic E-state index is 0.550. The van der Waals surface area contributed by atoms with Crippen LogP contribution in [0.3, 0.4) is 0 Å². The van der Waals surface area contributed by atoms with Crippen LogP contribution in [0.2, 0.25) is 44.3 Å². The molecule has 0 amide bonds. The van der Waals surface area contributed by atoms with Gasteiger partial charge < -0.3 is 0 Å². The lowest BCUT2D eigenvalue weighted by Crippen LogP contribution is -2.33. The zero-order valence-corrected chi connectivity index (χ0v) is 16.9. The average molecular weight is 335 g/mol. The minimum Gasteiger partial charge on any atom is -0.0844 e. The van der Waals surface area contributed by atoms with E-state index in [1.54, 1.807) is 10.4 Å². The van der Waals surface area contributed by atoms with Gasteiger partial charge in [0.2, 0.25) is 0 Å². The van der Waals surface area contributed by atoms with Gasteiger partial charge in [-0.05, 0) is 24.1 Å². The van der Waals surface area contributed by atoms with Crippen LogP contribution in [0.1, 0.15) is 17.9 Å². The summed E-state index contributed by atoms with van der Waals surface area (Å²) < 4.78 is 0. The molecule has 0 saturated carbocycles. The molecular weight excluding hydrogens is 308 g/mol. The van der Waals surface area contributed by atoms with Gasteiger partial charge in [0.1, 0.15) is 0 Å². The fourth-order valence-corrected chi connectivity index (χ4v) is 6.48. The third-order valence-corrected chi connectivity index (χ3v) is 8.82. The maximum Gasteiger partial charge on any atom is 0.0771 e. The molecule has 0 spiro atoms. The molecule has 0 N–H and O–H groups in total.